The van der Waals surface area contributed by atoms with Gasteiger partial charge >= 0.3 is 0 Å². The van der Waals surface area contributed by atoms with Crippen molar-refractivity contribution < 1.29 is 4.42 Å². The van der Waals surface area contributed by atoms with Crippen LogP contribution in [0, 0.1) is 0 Å². The molecule has 0 atom stereocenters. The number of fused-ring (bicyclic) bond motifs is 2. The second kappa shape index (κ2) is 5.67. The first kappa shape index (κ1) is 15.8. The van der Waals surface area contributed by atoms with Crippen LogP contribution in [-0.4, -0.2) is 28.8 Å². The molecule has 1 N–H and O–H groups in total. The summed E-state index contributed by atoms with van der Waals surface area (Å²) in [5.74, 6) is 0. The van der Waals surface area contributed by atoms with Crippen molar-refractivity contribution in [3.8, 4) is 0 Å². The van der Waals surface area contributed by atoms with E-state index < -0.39 is 0 Å². The molecule has 4 rings (SSSR count). The number of anilines is 2. The number of oxazole rings is 1. The van der Waals surface area contributed by atoms with Gasteiger partial charge in [0, 0.05) is 28.8 Å². The van der Waals surface area contributed by atoms with Crippen LogP contribution in [-0.2, 0) is 13.0 Å². The molecule has 1 aromatic carbocycles. The second-order valence-corrected chi connectivity index (χ2v) is 8.51. The Morgan fingerprint density at radius 2 is 2.17 bits per heavy atom. The lowest BCUT2D eigenvalue weighted by atomic mass is 9.92. The van der Waals surface area contributed by atoms with E-state index in [1.807, 2.05) is 13.1 Å². The van der Waals surface area contributed by atoms with Crippen molar-refractivity contribution in [2.24, 2.45) is 0 Å². The lowest BCUT2D eigenvalue weighted by Gasteiger charge is -2.40. The molecule has 2 aromatic heterocycles. The summed E-state index contributed by atoms with van der Waals surface area (Å²) in [5.41, 5.74) is 2.85. The largest absolute Gasteiger partial charge is 0.423 e. The van der Waals surface area contributed by atoms with Crippen molar-refractivity contribution in [1.29, 1.82) is 0 Å². The molecule has 3 aromatic rings. The van der Waals surface area contributed by atoms with Crippen molar-refractivity contribution >= 4 is 45.3 Å². The van der Waals surface area contributed by atoms with Crippen LogP contribution in [0.15, 0.2) is 27.5 Å². The van der Waals surface area contributed by atoms with Gasteiger partial charge in [-0.2, -0.15) is 4.98 Å². The number of aromatic nitrogens is 2. The Hall–Kier alpha value is -1.73. The fourth-order valence-corrected chi connectivity index (χ4v) is 4.43. The molecule has 3 heterocycles. The highest BCUT2D eigenvalue weighted by atomic mass is 32.2. The predicted octanol–water partition coefficient (Wildman–Crippen LogP) is 4.39. The highest BCUT2D eigenvalue weighted by Gasteiger charge is 2.37. The Labute approximate surface area is 149 Å². The van der Waals surface area contributed by atoms with Crippen molar-refractivity contribution in [3.05, 3.63) is 28.8 Å². The van der Waals surface area contributed by atoms with E-state index in [2.05, 4.69) is 47.4 Å². The fourth-order valence-electron chi connectivity index (χ4n) is 3.08. The minimum absolute atomic E-state index is 0.0880. The van der Waals surface area contributed by atoms with Crippen LogP contribution in [0.25, 0.3) is 11.1 Å². The van der Waals surface area contributed by atoms with Gasteiger partial charge in [-0.1, -0.05) is 11.3 Å². The van der Waals surface area contributed by atoms with Crippen LogP contribution in [0.2, 0.25) is 0 Å². The molecule has 5 nitrogen and oxygen atoms in total. The normalized spacial score (nSPS) is 16.4. The summed E-state index contributed by atoms with van der Waals surface area (Å²) in [7, 11) is 1.91. The molecular weight excluding hydrogens is 340 g/mol. The molecule has 0 fully saturated rings. The summed E-state index contributed by atoms with van der Waals surface area (Å²) < 4.78 is 6.06. The molecule has 0 aliphatic carbocycles. The van der Waals surface area contributed by atoms with E-state index >= 15 is 0 Å². The lowest BCUT2D eigenvalue weighted by Crippen LogP contribution is -2.48. The average molecular weight is 361 g/mol. The third-order valence-electron chi connectivity index (χ3n) is 4.44. The van der Waals surface area contributed by atoms with Crippen molar-refractivity contribution in [1.82, 2.24) is 9.97 Å². The SMILES string of the molecule is CNc1nc2c(s1)CN(c1nc3cc(SC)ccc3o1)C(C)(C)C2. The van der Waals surface area contributed by atoms with E-state index in [1.165, 1.54) is 15.5 Å². The number of nitrogens with one attached hydrogen (secondary N) is 1. The van der Waals surface area contributed by atoms with Gasteiger partial charge in [0.1, 0.15) is 5.52 Å². The van der Waals surface area contributed by atoms with Gasteiger partial charge in [-0.05, 0) is 38.3 Å². The van der Waals surface area contributed by atoms with Crippen LogP contribution in [0.5, 0.6) is 0 Å². The van der Waals surface area contributed by atoms with Gasteiger partial charge in [0.2, 0.25) is 0 Å². The van der Waals surface area contributed by atoms with Gasteiger partial charge in [-0.25, -0.2) is 4.98 Å². The van der Waals surface area contributed by atoms with E-state index in [0.29, 0.717) is 6.01 Å². The Morgan fingerprint density at radius 3 is 2.92 bits per heavy atom. The zero-order valence-corrected chi connectivity index (χ0v) is 15.8. The fraction of sp³-hybridized carbons (Fsp3) is 0.412. The molecule has 0 unspecified atom stereocenters. The second-order valence-electron chi connectivity index (χ2n) is 6.54. The van der Waals surface area contributed by atoms with Crippen LogP contribution >= 0.6 is 23.1 Å². The Balaban J connectivity index is 1.74. The molecule has 0 amide bonds. The maximum Gasteiger partial charge on any atom is 0.299 e. The highest BCUT2D eigenvalue weighted by molar-refractivity contribution is 7.98. The standard InChI is InChI=1S/C17H20N4OS2/c1-17(2)8-12-14(24-15(18-3)19-12)9-21(17)16-20-11-7-10(23-4)5-6-13(11)22-16/h5-7H,8-9H2,1-4H3,(H,18,19). The Kier molecular flexibility index (Phi) is 3.73. The summed E-state index contributed by atoms with van der Waals surface area (Å²) in [6, 6.07) is 6.86. The topological polar surface area (TPSA) is 54.2 Å². The van der Waals surface area contributed by atoms with E-state index in [1.54, 1.807) is 23.1 Å². The number of thioether (sulfide) groups is 1. The molecule has 1 aliphatic heterocycles. The van der Waals surface area contributed by atoms with Crippen LogP contribution < -0.4 is 10.2 Å². The lowest BCUT2D eigenvalue weighted by molar-refractivity contribution is 0.394. The molecule has 126 valence electrons. The van der Waals surface area contributed by atoms with Crippen molar-refractivity contribution in [2.45, 2.75) is 37.2 Å². The zero-order valence-electron chi connectivity index (χ0n) is 14.2. The molecule has 1 aliphatic rings. The van der Waals surface area contributed by atoms with Gasteiger partial charge in [0.25, 0.3) is 6.01 Å². The molecular formula is C17H20N4OS2. The Bertz CT molecular complexity index is 899. The first-order valence-electron chi connectivity index (χ1n) is 7.89. The van der Waals surface area contributed by atoms with E-state index in [4.69, 9.17) is 9.40 Å². The Morgan fingerprint density at radius 1 is 1.33 bits per heavy atom. The molecule has 0 radical (unpaired) electrons. The highest BCUT2D eigenvalue weighted by Crippen LogP contribution is 2.39. The van der Waals surface area contributed by atoms with Gasteiger partial charge in [0.15, 0.2) is 10.7 Å². The summed E-state index contributed by atoms with van der Waals surface area (Å²) in [5, 5.41) is 4.12. The third-order valence-corrected chi connectivity index (χ3v) is 6.26. The smallest absolute Gasteiger partial charge is 0.299 e. The molecule has 24 heavy (non-hydrogen) atoms. The third kappa shape index (κ3) is 2.56. The number of nitrogens with zero attached hydrogens (tertiary/aromatic N) is 3. The minimum Gasteiger partial charge on any atom is -0.423 e. The summed E-state index contributed by atoms with van der Waals surface area (Å²) >= 11 is 3.43. The monoisotopic (exact) mass is 360 g/mol. The molecule has 7 heteroatoms. The summed E-state index contributed by atoms with van der Waals surface area (Å²) in [4.78, 5) is 14.2. The van der Waals surface area contributed by atoms with Crippen molar-refractivity contribution in [2.75, 3.05) is 23.5 Å². The van der Waals surface area contributed by atoms with Crippen LogP contribution in [0.1, 0.15) is 24.4 Å². The number of hydrogen-bond donors (Lipinski definition) is 1. The van der Waals surface area contributed by atoms with E-state index in [-0.39, 0.29) is 5.54 Å². The molecule has 0 saturated heterocycles. The van der Waals surface area contributed by atoms with E-state index in [0.717, 1.165) is 29.2 Å². The minimum atomic E-state index is -0.0880. The number of thiazole rings is 1. The maximum absolute atomic E-state index is 6.06. The van der Waals surface area contributed by atoms with E-state index in [9.17, 15) is 0 Å². The first-order valence-corrected chi connectivity index (χ1v) is 9.93. The van der Waals surface area contributed by atoms with Gasteiger partial charge in [0.05, 0.1) is 12.2 Å². The van der Waals surface area contributed by atoms with Gasteiger partial charge in [-0.15, -0.1) is 11.8 Å². The quantitative estimate of drug-likeness (QED) is 0.699. The number of benzene rings is 1. The molecule has 0 spiro atoms. The zero-order chi connectivity index (χ0) is 16.9. The molecule has 0 bridgehead atoms. The summed E-state index contributed by atoms with van der Waals surface area (Å²) in [6.45, 7) is 5.22. The van der Waals surface area contributed by atoms with Gasteiger partial charge in [-0.3, -0.25) is 0 Å². The average Bonchev–Trinajstić information content (AvgIpc) is 3.14. The summed E-state index contributed by atoms with van der Waals surface area (Å²) in [6.07, 6.45) is 2.95. The predicted molar refractivity (Wildman–Crippen MR) is 101 cm³/mol. The van der Waals surface area contributed by atoms with Crippen LogP contribution in [0.4, 0.5) is 11.1 Å². The molecule has 0 saturated carbocycles. The van der Waals surface area contributed by atoms with Crippen LogP contribution in [0.3, 0.4) is 0 Å². The first-order chi connectivity index (χ1) is 11.5. The van der Waals surface area contributed by atoms with Crippen molar-refractivity contribution in [3.63, 3.8) is 0 Å². The number of rotatable bonds is 3. The van der Waals surface area contributed by atoms with Gasteiger partial charge < -0.3 is 14.6 Å². The maximum atomic E-state index is 6.06. The number of hydrogen-bond acceptors (Lipinski definition) is 7.